The Labute approximate surface area is 102 Å². The van der Waals surface area contributed by atoms with E-state index in [9.17, 15) is 9.90 Å². The fraction of sp³-hybridized carbons (Fsp3) is 0.500. The lowest BCUT2D eigenvalue weighted by Gasteiger charge is -2.20. The lowest BCUT2D eigenvalue weighted by molar-refractivity contribution is -0.126. The van der Waals surface area contributed by atoms with Gasteiger partial charge in [-0.3, -0.25) is 4.79 Å². The van der Waals surface area contributed by atoms with E-state index in [0.717, 1.165) is 17.5 Å². The van der Waals surface area contributed by atoms with Crippen LogP contribution >= 0.6 is 0 Å². The molecule has 0 saturated heterocycles. The predicted octanol–water partition coefficient (Wildman–Crippen LogP) is 1.81. The maximum Gasteiger partial charge on any atom is 0.223 e. The van der Waals surface area contributed by atoms with Crippen LogP contribution < -0.4 is 5.32 Å². The van der Waals surface area contributed by atoms with E-state index in [1.165, 1.54) is 0 Å². The third-order valence-corrected chi connectivity index (χ3v) is 3.56. The number of hydrogen-bond donors (Lipinski definition) is 2. The molecule has 3 atom stereocenters. The zero-order chi connectivity index (χ0) is 12.4. The van der Waals surface area contributed by atoms with Crippen molar-refractivity contribution in [3.63, 3.8) is 0 Å². The van der Waals surface area contributed by atoms with E-state index in [-0.39, 0.29) is 17.9 Å². The van der Waals surface area contributed by atoms with Crippen LogP contribution in [-0.4, -0.2) is 17.1 Å². The molecule has 2 N–H and O–H groups in total. The van der Waals surface area contributed by atoms with Gasteiger partial charge in [-0.25, -0.2) is 0 Å². The zero-order valence-corrected chi connectivity index (χ0v) is 10.3. The van der Waals surface area contributed by atoms with Crippen molar-refractivity contribution < 1.29 is 9.90 Å². The van der Waals surface area contributed by atoms with Gasteiger partial charge in [-0.2, -0.15) is 0 Å². The first kappa shape index (κ1) is 12.1. The van der Waals surface area contributed by atoms with Gasteiger partial charge >= 0.3 is 0 Å². The van der Waals surface area contributed by atoms with E-state index in [1.807, 2.05) is 38.1 Å². The van der Waals surface area contributed by atoms with Crippen molar-refractivity contribution in [2.24, 2.45) is 5.92 Å². The molecular weight excluding hydrogens is 214 g/mol. The highest BCUT2D eigenvalue weighted by Crippen LogP contribution is 2.31. The highest BCUT2D eigenvalue weighted by Gasteiger charge is 2.32. The van der Waals surface area contributed by atoms with Crippen LogP contribution in [0.5, 0.6) is 0 Å². The zero-order valence-electron chi connectivity index (χ0n) is 10.3. The first-order chi connectivity index (χ1) is 8.13. The van der Waals surface area contributed by atoms with Gasteiger partial charge in [0.05, 0.1) is 12.1 Å². The molecule has 3 heteroatoms. The van der Waals surface area contributed by atoms with Crippen molar-refractivity contribution in [2.45, 2.75) is 38.8 Å². The summed E-state index contributed by atoms with van der Waals surface area (Å²) in [5, 5.41) is 12.9. The standard InChI is InChI=1S/C14H19NO2/c1-3-9(2)14(17)15-13-11-7-5-4-6-10(11)8-12(13)16/h4-7,9,12-13,16H,3,8H2,1-2H3,(H,15,17)/t9?,12-,13+/m1/s1. The van der Waals surface area contributed by atoms with Crippen molar-refractivity contribution in [3.05, 3.63) is 35.4 Å². The third kappa shape index (κ3) is 2.34. The number of aliphatic hydroxyl groups excluding tert-OH is 1. The number of rotatable bonds is 3. The number of nitrogens with one attached hydrogen (secondary N) is 1. The van der Waals surface area contributed by atoms with Crippen molar-refractivity contribution in [3.8, 4) is 0 Å². The van der Waals surface area contributed by atoms with Gasteiger partial charge in [-0.05, 0) is 17.5 Å². The fourth-order valence-corrected chi connectivity index (χ4v) is 2.23. The molecule has 1 unspecified atom stereocenters. The smallest absolute Gasteiger partial charge is 0.223 e. The topological polar surface area (TPSA) is 49.3 Å². The Balaban J connectivity index is 2.14. The SMILES string of the molecule is CCC(C)C(=O)N[C@H]1c2ccccc2C[C@H]1O. The van der Waals surface area contributed by atoms with Gasteiger partial charge in [0.25, 0.3) is 0 Å². The molecular formula is C14H19NO2. The van der Waals surface area contributed by atoms with E-state index in [1.54, 1.807) is 0 Å². The van der Waals surface area contributed by atoms with Crippen LogP contribution in [-0.2, 0) is 11.2 Å². The predicted molar refractivity (Wildman–Crippen MR) is 66.5 cm³/mol. The largest absolute Gasteiger partial charge is 0.390 e. The third-order valence-electron chi connectivity index (χ3n) is 3.56. The lowest BCUT2D eigenvalue weighted by atomic mass is 10.0. The Bertz CT molecular complexity index is 416. The van der Waals surface area contributed by atoms with Crippen LogP contribution in [0.3, 0.4) is 0 Å². The minimum atomic E-state index is -0.500. The van der Waals surface area contributed by atoms with Crippen LogP contribution in [0.25, 0.3) is 0 Å². The highest BCUT2D eigenvalue weighted by atomic mass is 16.3. The second kappa shape index (κ2) is 4.88. The Hall–Kier alpha value is -1.35. The summed E-state index contributed by atoms with van der Waals surface area (Å²) < 4.78 is 0. The molecule has 92 valence electrons. The molecule has 0 bridgehead atoms. The van der Waals surface area contributed by atoms with Gasteiger partial charge in [0.15, 0.2) is 0 Å². The Morgan fingerprint density at radius 1 is 1.53 bits per heavy atom. The van der Waals surface area contributed by atoms with Gasteiger partial charge < -0.3 is 10.4 Å². The van der Waals surface area contributed by atoms with Crippen LogP contribution in [0.4, 0.5) is 0 Å². The summed E-state index contributed by atoms with van der Waals surface area (Å²) in [4.78, 5) is 11.9. The number of fused-ring (bicyclic) bond motifs is 1. The van der Waals surface area contributed by atoms with Gasteiger partial charge in [0.1, 0.15) is 0 Å². The molecule has 1 aromatic rings. The van der Waals surface area contributed by atoms with Crippen LogP contribution in [0.15, 0.2) is 24.3 Å². The molecule has 17 heavy (non-hydrogen) atoms. The van der Waals surface area contributed by atoms with Crippen LogP contribution in [0.2, 0.25) is 0 Å². The number of carbonyl (C=O) groups is 1. The summed E-state index contributed by atoms with van der Waals surface area (Å²) in [6.07, 6.45) is 0.943. The normalized spacial score (nSPS) is 24.2. The number of aliphatic hydroxyl groups is 1. The van der Waals surface area contributed by atoms with Gasteiger partial charge in [-0.15, -0.1) is 0 Å². The second-order valence-electron chi connectivity index (χ2n) is 4.77. The summed E-state index contributed by atoms with van der Waals surface area (Å²) in [5.74, 6) is 0.0169. The first-order valence-corrected chi connectivity index (χ1v) is 6.19. The maximum atomic E-state index is 11.9. The Kier molecular flexibility index (Phi) is 3.48. The van der Waals surface area contributed by atoms with Gasteiger partial charge in [0.2, 0.25) is 5.91 Å². The van der Waals surface area contributed by atoms with E-state index in [0.29, 0.717) is 6.42 Å². The highest BCUT2D eigenvalue weighted by molar-refractivity contribution is 5.79. The number of benzene rings is 1. The molecule has 0 aromatic heterocycles. The molecule has 3 nitrogen and oxygen atoms in total. The molecule has 0 radical (unpaired) electrons. The average molecular weight is 233 g/mol. The van der Waals surface area contributed by atoms with Crippen LogP contribution in [0.1, 0.15) is 37.4 Å². The molecule has 0 heterocycles. The number of carbonyl (C=O) groups excluding carboxylic acids is 1. The van der Waals surface area contributed by atoms with Crippen molar-refractivity contribution in [1.82, 2.24) is 5.32 Å². The molecule has 0 spiro atoms. The van der Waals surface area contributed by atoms with E-state index in [2.05, 4.69) is 5.32 Å². The molecule has 1 amide bonds. The summed E-state index contributed by atoms with van der Waals surface area (Å²) in [5.41, 5.74) is 2.19. The first-order valence-electron chi connectivity index (χ1n) is 6.19. The number of hydrogen-bond acceptors (Lipinski definition) is 2. The summed E-state index contributed by atoms with van der Waals surface area (Å²) in [7, 11) is 0. The second-order valence-corrected chi connectivity index (χ2v) is 4.77. The molecule has 0 fully saturated rings. The number of amides is 1. The van der Waals surface area contributed by atoms with Crippen molar-refractivity contribution in [2.75, 3.05) is 0 Å². The Morgan fingerprint density at radius 2 is 2.24 bits per heavy atom. The van der Waals surface area contributed by atoms with Crippen molar-refractivity contribution in [1.29, 1.82) is 0 Å². The fourth-order valence-electron chi connectivity index (χ4n) is 2.23. The summed E-state index contributed by atoms with van der Waals surface area (Å²) in [6.45, 7) is 3.89. The Morgan fingerprint density at radius 3 is 2.94 bits per heavy atom. The molecule has 1 aliphatic carbocycles. The molecule has 1 aliphatic rings. The molecule has 0 saturated carbocycles. The minimum Gasteiger partial charge on any atom is -0.390 e. The van der Waals surface area contributed by atoms with Crippen molar-refractivity contribution >= 4 is 5.91 Å². The molecule has 2 rings (SSSR count). The monoisotopic (exact) mass is 233 g/mol. The van der Waals surface area contributed by atoms with Crippen LogP contribution in [0, 0.1) is 5.92 Å². The summed E-state index contributed by atoms with van der Waals surface area (Å²) >= 11 is 0. The van der Waals surface area contributed by atoms with E-state index >= 15 is 0 Å². The molecule has 1 aromatic carbocycles. The van der Waals surface area contributed by atoms with E-state index < -0.39 is 6.10 Å². The average Bonchev–Trinajstić information content (AvgIpc) is 2.65. The quantitative estimate of drug-likeness (QED) is 0.836. The van der Waals surface area contributed by atoms with E-state index in [4.69, 9.17) is 0 Å². The lowest BCUT2D eigenvalue weighted by Crippen LogP contribution is -2.36. The summed E-state index contributed by atoms with van der Waals surface area (Å²) in [6, 6.07) is 7.65. The minimum absolute atomic E-state index is 0.00466. The molecule has 0 aliphatic heterocycles. The van der Waals surface area contributed by atoms with Gasteiger partial charge in [-0.1, -0.05) is 38.1 Å². The van der Waals surface area contributed by atoms with Gasteiger partial charge in [0, 0.05) is 12.3 Å². The maximum absolute atomic E-state index is 11.9.